The van der Waals surface area contributed by atoms with E-state index in [0.29, 0.717) is 11.8 Å². The van der Waals surface area contributed by atoms with Crippen molar-refractivity contribution in [3.05, 3.63) is 0 Å². The molecule has 2 nitrogen and oxygen atoms in total. The number of nitrogens with two attached hydrogens (primary N) is 1. The average molecular weight is 168 g/mol. The second kappa shape index (κ2) is 3.92. The highest BCUT2D eigenvalue weighted by molar-refractivity contribution is 5.87. The number of hydrogen-bond donors (Lipinski definition) is 1. The molecule has 2 heteroatoms. The van der Waals surface area contributed by atoms with E-state index in [1.54, 1.807) is 0 Å². The first kappa shape index (κ1) is 9.56. The van der Waals surface area contributed by atoms with Crippen molar-refractivity contribution in [2.75, 3.05) is 0 Å². The third kappa shape index (κ3) is 1.99. The minimum atomic E-state index is 0.645. The molecule has 0 saturated heterocycles. The molecule has 1 aliphatic carbocycles. The maximum absolute atomic E-state index is 5.38. The van der Waals surface area contributed by atoms with Crippen molar-refractivity contribution in [2.24, 2.45) is 28.7 Å². The molecule has 0 spiro atoms. The van der Waals surface area contributed by atoms with E-state index in [1.165, 1.54) is 18.6 Å². The van der Waals surface area contributed by atoms with E-state index >= 15 is 0 Å². The Morgan fingerprint density at radius 2 is 2.08 bits per heavy atom. The molecular weight excluding hydrogens is 148 g/mol. The van der Waals surface area contributed by atoms with Gasteiger partial charge in [0.25, 0.3) is 0 Å². The summed E-state index contributed by atoms with van der Waals surface area (Å²) in [6.45, 7) is 6.79. The van der Waals surface area contributed by atoms with Gasteiger partial charge in [0.05, 0.1) is 0 Å². The first-order chi connectivity index (χ1) is 5.65. The van der Waals surface area contributed by atoms with Crippen LogP contribution >= 0.6 is 0 Å². The first-order valence-corrected chi connectivity index (χ1v) is 4.91. The standard InChI is InChI=1S/C10H20N2/c1-7(2)9-5-4-8(3)6-10(9)12-11/h7-9H,4-6,11H2,1-3H3/b12-10-. The lowest BCUT2D eigenvalue weighted by Gasteiger charge is -2.30. The highest BCUT2D eigenvalue weighted by Gasteiger charge is 2.26. The van der Waals surface area contributed by atoms with Crippen LogP contribution in [0.25, 0.3) is 0 Å². The van der Waals surface area contributed by atoms with Crippen LogP contribution in [0.15, 0.2) is 5.10 Å². The molecule has 1 rings (SSSR count). The molecule has 0 amide bonds. The third-order valence-corrected chi connectivity index (χ3v) is 2.93. The summed E-state index contributed by atoms with van der Waals surface area (Å²) in [6.07, 6.45) is 3.72. The molecule has 2 N–H and O–H groups in total. The molecule has 0 bridgehead atoms. The second-order valence-electron chi connectivity index (χ2n) is 4.36. The molecule has 2 atom stereocenters. The van der Waals surface area contributed by atoms with Crippen LogP contribution in [-0.2, 0) is 0 Å². The summed E-state index contributed by atoms with van der Waals surface area (Å²) in [6, 6.07) is 0. The first-order valence-electron chi connectivity index (χ1n) is 4.91. The molecular formula is C10H20N2. The van der Waals surface area contributed by atoms with Gasteiger partial charge in [-0.15, -0.1) is 0 Å². The molecule has 1 saturated carbocycles. The van der Waals surface area contributed by atoms with Crippen molar-refractivity contribution in [1.82, 2.24) is 0 Å². The predicted octanol–water partition coefficient (Wildman–Crippen LogP) is 2.39. The Balaban J connectivity index is 2.63. The zero-order valence-electron chi connectivity index (χ0n) is 8.38. The van der Waals surface area contributed by atoms with Gasteiger partial charge in [0, 0.05) is 11.6 Å². The second-order valence-corrected chi connectivity index (χ2v) is 4.36. The summed E-state index contributed by atoms with van der Waals surface area (Å²) in [5.74, 6) is 7.50. The van der Waals surface area contributed by atoms with Gasteiger partial charge in [-0.05, 0) is 31.1 Å². The Morgan fingerprint density at radius 3 is 2.58 bits per heavy atom. The van der Waals surface area contributed by atoms with E-state index in [0.717, 1.165) is 12.3 Å². The van der Waals surface area contributed by atoms with E-state index in [-0.39, 0.29) is 0 Å². The summed E-state index contributed by atoms with van der Waals surface area (Å²) < 4.78 is 0. The van der Waals surface area contributed by atoms with Crippen LogP contribution in [0.1, 0.15) is 40.0 Å². The van der Waals surface area contributed by atoms with Crippen LogP contribution in [0.2, 0.25) is 0 Å². The summed E-state index contributed by atoms with van der Waals surface area (Å²) in [7, 11) is 0. The fourth-order valence-corrected chi connectivity index (χ4v) is 2.11. The highest BCUT2D eigenvalue weighted by Crippen LogP contribution is 2.30. The van der Waals surface area contributed by atoms with E-state index < -0.39 is 0 Å². The monoisotopic (exact) mass is 168 g/mol. The van der Waals surface area contributed by atoms with Gasteiger partial charge >= 0.3 is 0 Å². The number of nitrogens with zero attached hydrogens (tertiary/aromatic N) is 1. The minimum Gasteiger partial charge on any atom is -0.323 e. The zero-order valence-corrected chi connectivity index (χ0v) is 8.38. The maximum Gasteiger partial charge on any atom is 0.0412 e. The van der Waals surface area contributed by atoms with Crippen LogP contribution in [0, 0.1) is 17.8 Å². The predicted molar refractivity (Wildman–Crippen MR) is 53.0 cm³/mol. The number of hydrazone groups is 1. The summed E-state index contributed by atoms with van der Waals surface area (Å²) >= 11 is 0. The minimum absolute atomic E-state index is 0.645. The topological polar surface area (TPSA) is 38.4 Å². The molecule has 0 aromatic carbocycles. The molecule has 0 aliphatic heterocycles. The van der Waals surface area contributed by atoms with Crippen molar-refractivity contribution in [2.45, 2.75) is 40.0 Å². The molecule has 12 heavy (non-hydrogen) atoms. The summed E-state index contributed by atoms with van der Waals surface area (Å²) in [5.41, 5.74) is 1.24. The van der Waals surface area contributed by atoms with E-state index in [2.05, 4.69) is 25.9 Å². The lowest BCUT2D eigenvalue weighted by Crippen LogP contribution is -2.28. The molecule has 0 aromatic rings. The largest absolute Gasteiger partial charge is 0.323 e. The van der Waals surface area contributed by atoms with Crippen LogP contribution in [-0.4, -0.2) is 5.71 Å². The van der Waals surface area contributed by atoms with Crippen molar-refractivity contribution in [1.29, 1.82) is 0 Å². The third-order valence-electron chi connectivity index (χ3n) is 2.93. The number of rotatable bonds is 1. The average Bonchev–Trinajstić information content (AvgIpc) is 2.03. The maximum atomic E-state index is 5.38. The summed E-state index contributed by atoms with van der Waals surface area (Å²) in [5, 5.41) is 3.92. The van der Waals surface area contributed by atoms with Crippen molar-refractivity contribution in [3.63, 3.8) is 0 Å². The fourth-order valence-electron chi connectivity index (χ4n) is 2.11. The molecule has 0 aromatic heterocycles. The Kier molecular flexibility index (Phi) is 3.12. The Hall–Kier alpha value is -0.530. The van der Waals surface area contributed by atoms with Crippen molar-refractivity contribution < 1.29 is 0 Å². The van der Waals surface area contributed by atoms with Gasteiger partial charge in [0.2, 0.25) is 0 Å². The normalized spacial score (nSPS) is 34.5. The smallest absolute Gasteiger partial charge is 0.0412 e. The van der Waals surface area contributed by atoms with Gasteiger partial charge in [0.1, 0.15) is 0 Å². The molecule has 0 radical (unpaired) electrons. The lowest BCUT2D eigenvalue weighted by atomic mass is 9.76. The van der Waals surface area contributed by atoms with Crippen LogP contribution in [0.3, 0.4) is 0 Å². The van der Waals surface area contributed by atoms with Gasteiger partial charge in [-0.2, -0.15) is 5.10 Å². The molecule has 2 unspecified atom stereocenters. The SMILES string of the molecule is CC1CCC(C(C)C)/C(=N\N)C1. The van der Waals surface area contributed by atoms with Crippen molar-refractivity contribution >= 4 is 5.71 Å². The number of hydrogen-bond acceptors (Lipinski definition) is 2. The van der Waals surface area contributed by atoms with Gasteiger partial charge < -0.3 is 5.84 Å². The fraction of sp³-hybridized carbons (Fsp3) is 0.900. The highest BCUT2D eigenvalue weighted by atomic mass is 15.1. The lowest BCUT2D eigenvalue weighted by molar-refractivity contribution is 0.364. The van der Waals surface area contributed by atoms with E-state index in [9.17, 15) is 0 Å². The van der Waals surface area contributed by atoms with Crippen LogP contribution < -0.4 is 5.84 Å². The Morgan fingerprint density at radius 1 is 1.42 bits per heavy atom. The van der Waals surface area contributed by atoms with Gasteiger partial charge in [-0.1, -0.05) is 20.8 Å². The molecule has 1 aliphatic rings. The Labute approximate surface area is 75.2 Å². The molecule has 1 fully saturated rings. The van der Waals surface area contributed by atoms with Gasteiger partial charge in [-0.3, -0.25) is 0 Å². The van der Waals surface area contributed by atoms with E-state index in [1.807, 2.05) is 0 Å². The summed E-state index contributed by atoms with van der Waals surface area (Å²) in [4.78, 5) is 0. The quantitative estimate of drug-likeness (QED) is 0.474. The Bertz CT molecular complexity index is 173. The van der Waals surface area contributed by atoms with Gasteiger partial charge in [0.15, 0.2) is 0 Å². The zero-order chi connectivity index (χ0) is 9.14. The molecule has 70 valence electrons. The van der Waals surface area contributed by atoms with Crippen molar-refractivity contribution in [3.8, 4) is 0 Å². The molecule has 0 heterocycles. The van der Waals surface area contributed by atoms with Gasteiger partial charge in [-0.25, -0.2) is 0 Å². The van der Waals surface area contributed by atoms with Crippen LogP contribution in [0.4, 0.5) is 0 Å². The van der Waals surface area contributed by atoms with E-state index in [4.69, 9.17) is 5.84 Å². The van der Waals surface area contributed by atoms with Crippen LogP contribution in [0.5, 0.6) is 0 Å².